The molecule has 0 spiro atoms. The van der Waals surface area contributed by atoms with Crippen LogP contribution in [0.5, 0.6) is 0 Å². The third-order valence-corrected chi connectivity index (χ3v) is 4.80. The summed E-state index contributed by atoms with van der Waals surface area (Å²) in [6.45, 7) is 2.41. The molecule has 2 aliphatic rings. The van der Waals surface area contributed by atoms with Crippen molar-refractivity contribution < 1.29 is 4.79 Å². The van der Waals surface area contributed by atoms with Crippen molar-refractivity contribution in [3.8, 4) is 0 Å². The van der Waals surface area contributed by atoms with Gasteiger partial charge in [-0.3, -0.25) is 4.79 Å². The fourth-order valence-electron chi connectivity index (χ4n) is 2.31. The van der Waals surface area contributed by atoms with Gasteiger partial charge in [-0.15, -0.1) is 0 Å². The van der Waals surface area contributed by atoms with Gasteiger partial charge in [0.2, 0.25) is 0 Å². The number of aliphatic imine (C=N–C) groups is 1. The first-order chi connectivity index (χ1) is 10.1. The number of carbonyl (C=O) groups excluding carboxylic acids is 1. The fourth-order valence-corrected chi connectivity index (χ4v) is 2.91. The summed E-state index contributed by atoms with van der Waals surface area (Å²) in [6.07, 6.45) is 6.77. The maximum atomic E-state index is 11.0. The van der Waals surface area contributed by atoms with Gasteiger partial charge in [0.25, 0.3) is 0 Å². The molecule has 1 aromatic carbocycles. The normalized spacial score (nSPS) is 17.4. The second kappa shape index (κ2) is 5.62. The van der Waals surface area contributed by atoms with Gasteiger partial charge in [-0.05, 0) is 46.6 Å². The number of carbonyl (C=O) groups is 1. The molecule has 3 rings (SSSR count). The minimum Gasteiger partial charge on any atom is -0.328 e. The number of hydrogen-bond donors (Lipinski definition) is 0. The molecule has 0 radical (unpaired) electrons. The Kier molecular flexibility index (Phi) is 3.83. The van der Waals surface area contributed by atoms with E-state index >= 15 is 0 Å². The van der Waals surface area contributed by atoms with Crippen molar-refractivity contribution in [1.82, 2.24) is 4.90 Å². The van der Waals surface area contributed by atoms with Gasteiger partial charge in [-0.25, -0.2) is 4.99 Å². The molecule has 0 unspecified atom stereocenters. The van der Waals surface area contributed by atoms with E-state index in [9.17, 15) is 4.79 Å². The third kappa shape index (κ3) is 2.61. The molecule has 3 nitrogen and oxygen atoms in total. The molecule has 0 aromatic heterocycles. The molecule has 2 aliphatic heterocycles. The Balaban J connectivity index is 2.05. The van der Waals surface area contributed by atoms with Crippen LogP contribution in [0, 0.1) is 0 Å². The van der Waals surface area contributed by atoms with E-state index in [1.54, 1.807) is 0 Å². The molecule has 106 valence electrons. The van der Waals surface area contributed by atoms with E-state index in [1.165, 1.54) is 0 Å². The highest BCUT2D eigenvalue weighted by Gasteiger charge is 2.20. The van der Waals surface area contributed by atoms with Crippen molar-refractivity contribution in [3.05, 3.63) is 62.9 Å². The van der Waals surface area contributed by atoms with Crippen LogP contribution in [0.1, 0.15) is 12.5 Å². The highest BCUT2D eigenvalue weighted by atomic mass is 79.9. The molecule has 21 heavy (non-hydrogen) atoms. The third-order valence-electron chi connectivity index (χ3n) is 3.51. The van der Waals surface area contributed by atoms with E-state index in [2.05, 4.69) is 20.9 Å². The molecule has 0 bridgehead atoms. The average molecular weight is 364 g/mol. The molecular formula is C16H12BrClN2O. The lowest BCUT2D eigenvalue weighted by Crippen LogP contribution is -2.32. The Morgan fingerprint density at radius 1 is 1.43 bits per heavy atom. The number of amidine groups is 1. The van der Waals surface area contributed by atoms with Crippen molar-refractivity contribution >= 4 is 45.2 Å². The molecule has 0 fully saturated rings. The molecule has 2 heterocycles. The van der Waals surface area contributed by atoms with Crippen LogP contribution >= 0.6 is 27.5 Å². The van der Waals surface area contributed by atoms with E-state index < -0.39 is 0 Å². The monoisotopic (exact) mass is 362 g/mol. The summed E-state index contributed by atoms with van der Waals surface area (Å²) in [5.41, 5.74) is 3.43. The molecular weight excluding hydrogens is 352 g/mol. The lowest BCUT2D eigenvalue weighted by molar-refractivity contribution is -0.105. The van der Waals surface area contributed by atoms with Crippen LogP contribution in [0.4, 0.5) is 0 Å². The van der Waals surface area contributed by atoms with E-state index in [0.29, 0.717) is 17.1 Å². The first-order valence-corrected chi connectivity index (χ1v) is 7.62. The number of aldehydes is 1. The Morgan fingerprint density at radius 2 is 2.24 bits per heavy atom. The second-order valence-electron chi connectivity index (χ2n) is 4.84. The van der Waals surface area contributed by atoms with Gasteiger partial charge in [0.1, 0.15) is 12.1 Å². The van der Waals surface area contributed by atoms with E-state index in [4.69, 9.17) is 11.6 Å². The summed E-state index contributed by atoms with van der Waals surface area (Å²) in [7, 11) is 0. The lowest BCUT2D eigenvalue weighted by Gasteiger charge is -2.28. The molecule has 0 atom stereocenters. The van der Waals surface area contributed by atoms with Gasteiger partial charge in [0.05, 0.1) is 11.6 Å². The number of allylic oxidation sites excluding steroid dienone is 3. The van der Waals surface area contributed by atoms with Gasteiger partial charge in [0, 0.05) is 27.5 Å². The van der Waals surface area contributed by atoms with Crippen LogP contribution in [-0.4, -0.2) is 23.6 Å². The van der Waals surface area contributed by atoms with Crippen LogP contribution in [0.2, 0.25) is 5.02 Å². The van der Waals surface area contributed by atoms with Crippen LogP contribution in [-0.2, 0) is 4.79 Å². The van der Waals surface area contributed by atoms with Crippen LogP contribution < -0.4 is 0 Å². The van der Waals surface area contributed by atoms with Crippen molar-refractivity contribution in [1.29, 1.82) is 0 Å². The molecule has 0 N–H and O–H groups in total. The summed E-state index contributed by atoms with van der Waals surface area (Å²) >= 11 is 9.78. The van der Waals surface area contributed by atoms with Crippen molar-refractivity contribution in [2.24, 2.45) is 4.99 Å². The summed E-state index contributed by atoms with van der Waals surface area (Å²) in [5, 5.41) is 0.680. The number of benzene rings is 1. The maximum absolute atomic E-state index is 11.0. The molecule has 0 saturated heterocycles. The maximum Gasteiger partial charge on any atom is 0.149 e. The SMILES string of the molecule is CC1=C(C=O)CN2C=CC(c3cccc(Br)c3Cl)=CC2=N1. The standard InChI is InChI=1S/C16H12BrClN2O/c1-10-12(9-21)8-20-6-5-11(7-15(20)19-10)13-3-2-4-14(17)16(13)18/h2-7,9H,8H2,1H3. The molecule has 0 aliphatic carbocycles. The summed E-state index contributed by atoms with van der Waals surface area (Å²) in [6, 6.07) is 5.83. The first kappa shape index (κ1) is 14.3. The summed E-state index contributed by atoms with van der Waals surface area (Å²) in [4.78, 5) is 17.4. The predicted molar refractivity (Wildman–Crippen MR) is 89.2 cm³/mol. The molecule has 1 aromatic rings. The summed E-state index contributed by atoms with van der Waals surface area (Å²) in [5.74, 6) is 0.826. The number of halogens is 2. The highest BCUT2D eigenvalue weighted by Crippen LogP contribution is 2.33. The minimum absolute atomic E-state index is 0.556. The Labute approximate surface area is 136 Å². The topological polar surface area (TPSA) is 32.7 Å². The quantitative estimate of drug-likeness (QED) is 0.738. The van der Waals surface area contributed by atoms with Crippen molar-refractivity contribution in [2.75, 3.05) is 6.54 Å². The predicted octanol–water partition coefficient (Wildman–Crippen LogP) is 4.20. The van der Waals surface area contributed by atoms with Gasteiger partial charge in [-0.2, -0.15) is 0 Å². The molecule has 5 heteroatoms. The van der Waals surface area contributed by atoms with E-state index in [0.717, 1.165) is 33.4 Å². The minimum atomic E-state index is 0.556. The van der Waals surface area contributed by atoms with Crippen molar-refractivity contribution in [2.45, 2.75) is 6.92 Å². The lowest BCUT2D eigenvalue weighted by atomic mass is 10.0. The zero-order valence-electron chi connectivity index (χ0n) is 11.3. The zero-order chi connectivity index (χ0) is 15.0. The van der Waals surface area contributed by atoms with Crippen molar-refractivity contribution in [3.63, 3.8) is 0 Å². The molecule has 0 amide bonds. The first-order valence-electron chi connectivity index (χ1n) is 6.44. The number of fused-ring (bicyclic) bond motifs is 1. The van der Waals surface area contributed by atoms with Gasteiger partial charge in [0.15, 0.2) is 0 Å². The fraction of sp³-hybridized carbons (Fsp3) is 0.125. The second-order valence-corrected chi connectivity index (χ2v) is 6.08. The largest absolute Gasteiger partial charge is 0.328 e. The number of hydrogen-bond acceptors (Lipinski definition) is 3. The van der Waals surface area contributed by atoms with Gasteiger partial charge in [-0.1, -0.05) is 23.7 Å². The number of rotatable bonds is 2. The van der Waals surface area contributed by atoms with Crippen LogP contribution in [0.3, 0.4) is 0 Å². The Hall–Kier alpha value is -1.65. The smallest absolute Gasteiger partial charge is 0.149 e. The summed E-state index contributed by atoms with van der Waals surface area (Å²) < 4.78 is 0.864. The Bertz CT molecular complexity index is 747. The average Bonchev–Trinajstić information content (AvgIpc) is 2.49. The van der Waals surface area contributed by atoms with Gasteiger partial charge >= 0.3 is 0 Å². The van der Waals surface area contributed by atoms with Crippen LogP contribution in [0.25, 0.3) is 5.57 Å². The zero-order valence-corrected chi connectivity index (χ0v) is 13.6. The van der Waals surface area contributed by atoms with E-state index in [-0.39, 0.29) is 0 Å². The highest BCUT2D eigenvalue weighted by molar-refractivity contribution is 9.10. The van der Waals surface area contributed by atoms with Gasteiger partial charge < -0.3 is 4.90 Å². The number of nitrogens with zero attached hydrogens (tertiary/aromatic N) is 2. The Morgan fingerprint density at radius 3 is 3.00 bits per heavy atom. The van der Waals surface area contributed by atoms with Crippen LogP contribution in [0.15, 0.2) is 57.3 Å². The van der Waals surface area contributed by atoms with E-state index in [1.807, 2.05) is 48.4 Å². The molecule has 0 saturated carbocycles.